The number of thioether (sulfide) groups is 1. The quantitative estimate of drug-likeness (QED) is 0.228. The number of aromatic nitrogens is 1. The lowest BCUT2D eigenvalue weighted by molar-refractivity contribution is -0.134. The van der Waals surface area contributed by atoms with Crippen molar-refractivity contribution in [1.29, 1.82) is 0 Å². The zero-order chi connectivity index (χ0) is 29.4. The van der Waals surface area contributed by atoms with E-state index in [2.05, 4.69) is 58.4 Å². The van der Waals surface area contributed by atoms with Crippen LogP contribution in [-0.2, 0) is 18.4 Å². The maximum atomic E-state index is 13.8. The third-order valence-electron chi connectivity index (χ3n) is 6.68. The average molecular weight is 597 g/mol. The molecule has 0 unspecified atom stereocenters. The van der Waals surface area contributed by atoms with Crippen LogP contribution in [0.15, 0.2) is 84.0 Å². The number of rotatable bonds is 12. The van der Waals surface area contributed by atoms with E-state index in [0.29, 0.717) is 29.2 Å². The summed E-state index contributed by atoms with van der Waals surface area (Å²) in [6.45, 7) is 9.94. The Morgan fingerprint density at radius 1 is 0.878 bits per heavy atom. The first-order valence-corrected chi connectivity index (χ1v) is 16.6. The fourth-order valence-electron chi connectivity index (χ4n) is 4.96. The van der Waals surface area contributed by atoms with Crippen molar-refractivity contribution < 1.29 is 18.4 Å². The van der Waals surface area contributed by atoms with Crippen molar-refractivity contribution >= 4 is 30.6 Å². The molecule has 1 fully saturated rings. The Morgan fingerprint density at radius 3 is 1.93 bits per heavy atom. The number of carbonyl (C=O) groups excluding carboxylic acids is 1. The maximum Gasteiger partial charge on any atom is 0.364 e. The van der Waals surface area contributed by atoms with Crippen LogP contribution in [0.25, 0.3) is 0 Å². The molecule has 1 aliphatic heterocycles. The van der Waals surface area contributed by atoms with Crippen LogP contribution in [0.4, 0.5) is 0 Å². The van der Waals surface area contributed by atoms with Crippen LogP contribution in [0.2, 0.25) is 0 Å². The molecule has 1 atom stereocenters. The third kappa shape index (κ3) is 8.28. The summed E-state index contributed by atoms with van der Waals surface area (Å²) in [6, 6.07) is 23.8. The monoisotopic (exact) mass is 596 g/mol. The van der Waals surface area contributed by atoms with E-state index in [1.165, 1.54) is 22.9 Å². The molecule has 1 aliphatic rings. The summed E-state index contributed by atoms with van der Waals surface area (Å²) in [5.41, 5.74) is 8.88. The highest BCUT2D eigenvalue weighted by atomic mass is 32.2. The molecule has 0 aliphatic carbocycles. The van der Waals surface area contributed by atoms with Gasteiger partial charge in [-0.2, -0.15) is 0 Å². The van der Waals surface area contributed by atoms with Crippen molar-refractivity contribution in [2.24, 2.45) is 5.73 Å². The lowest BCUT2D eigenvalue weighted by Crippen LogP contribution is -2.54. The van der Waals surface area contributed by atoms with Crippen molar-refractivity contribution in [3.63, 3.8) is 0 Å². The standard InChI is InChI=1S/C31H41N4O4PS/c1-23(2)38-40(37,39-24(3)4)28-16-11-17-33-30(28)41-22-27(32)31(36)35-20-18-34(19-21-35)29(25-12-7-5-8-13-25)26-14-9-6-10-15-26/h5-17,23-24,27,29H,18-22,32H2,1-4H3/t27-/m0/s1. The van der Waals surface area contributed by atoms with Crippen LogP contribution in [-0.4, -0.2) is 70.9 Å². The smallest absolute Gasteiger partial charge is 0.339 e. The van der Waals surface area contributed by atoms with Gasteiger partial charge in [0, 0.05) is 38.1 Å². The van der Waals surface area contributed by atoms with E-state index < -0.39 is 13.6 Å². The zero-order valence-electron chi connectivity index (χ0n) is 24.3. The first kappa shape index (κ1) is 31.4. The van der Waals surface area contributed by atoms with Crippen LogP contribution in [0.1, 0.15) is 44.9 Å². The summed E-state index contributed by atoms with van der Waals surface area (Å²) in [4.78, 5) is 22.1. The molecule has 41 heavy (non-hydrogen) atoms. The van der Waals surface area contributed by atoms with Crippen LogP contribution in [0, 0.1) is 0 Å². The van der Waals surface area contributed by atoms with E-state index in [1.807, 2.05) is 44.7 Å². The second-order valence-corrected chi connectivity index (χ2v) is 13.5. The number of piperazine rings is 1. The molecule has 1 amide bonds. The van der Waals surface area contributed by atoms with Crippen LogP contribution < -0.4 is 11.0 Å². The predicted molar refractivity (Wildman–Crippen MR) is 165 cm³/mol. The third-order valence-corrected chi connectivity index (χ3v) is 10.3. The molecule has 1 saturated heterocycles. The first-order valence-electron chi connectivity index (χ1n) is 14.1. The molecule has 10 heteroatoms. The molecule has 8 nitrogen and oxygen atoms in total. The number of carbonyl (C=O) groups is 1. The molecule has 0 saturated carbocycles. The average Bonchev–Trinajstić information content (AvgIpc) is 2.96. The van der Waals surface area contributed by atoms with Gasteiger partial charge in [-0.25, -0.2) is 4.98 Å². The van der Waals surface area contributed by atoms with E-state index in [-0.39, 0.29) is 24.2 Å². The van der Waals surface area contributed by atoms with Gasteiger partial charge >= 0.3 is 7.60 Å². The van der Waals surface area contributed by atoms with Gasteiger partial charge in [0.2, 0.25) is 5.91 Å². The molecular formula is C31H41N4O4PS. The minimum Gasteiger partial charge on any atom is -0.339 e. The van der Waals surface area contributed by atoms with Gasteiger partial charge in [-0.1, -0.05) is 60.7 Å². The molecule has 220 valence electrons. The summed E-state index contributed by atoms with van der Waals surface area (Å²) in [5, 5.41) is 0.896. The minimum atomic E-state index is -3.62. The number of nitrogens with two attached hydrogens (primary N) is 1. The molecule has 2 aromatic carbocycles. The predicted octanol–water partition coefficient (Wildman–Crippen LogP) is 5.10. The summed E-state index contributed by atoms with van der Waals surface area (Å²) in [7, 11) is -3.62. The second-order valence-electron chi connectivity index (χ2n) is 10.6. The van der Waals surface area contributed by atoms with Crippen molar-refractivity contribution in [1.82, 2.24) is 14.8 Å². The number of benzene rings is 2. The summed E-state index contributed by atoms with van der Waals surface area (Å²) in [5.74, 6) is 0.203. The Morgan fingerprint density at radius 2 is 1.41 bits per heavy atom. The fourth-order valence-corrected chi connectivity index (χ4v) is 8.26. The number of hydrogen-bond donors (Lipinski definition) is 1. The topological polar surface area (TPSA) is 98.0 Å². The van der Waals surface area contributed by atoms with Gasteiger partial charge in [0.15, 0.2) is 0 Å². The van der Waals surface area contributed by atoms with Gasteiger partial charge in [0.1, 0.15) is 5.03 Å². The molecule has 1 aromatic heterocycles. The van der Waals surface area contributed by atoms with E-state index in [0.717, 1.165) is 13.1 Å². The highest BCUT2D eigenvalue weighted by Gasteiger charge is 2.35. The number of hydrogen-bond acceptors (Lipinski definition) is 8. The molecule has 3 aromatic rings. The maximum absolute atomic E-state index is 13.8. The molecule has 0 radical (unpaired) electrons. The minimum absolute atomic E-state index is 0.0920. The van der Waals surface area contributed by atoms with Crippen molar-refractivity contribution in [3.05, 3.63) is 90.1 Å². The molecular weight excluding hydrogens is 555 g/mol. The van der Waals surface area contributed by atoms with E-state index in [1.54, 1.807) is 18.3 Å². The Hall–Kier alpha value is -2.52. The van der Waals surface area contributed by atoms with E-state index in [4.69, 9.17) is 14.8 Å². The number of pyridine rings is 1. The normalized spacial score (nSPS) is 15.6. The van der Waals surface area contributed by atoms with E-state index in [9.17, 15) is 9.36 Å². The summed E-state index contributed by atoms with van der Waals surface area (Å²) < 4.78 is 25.3. The van der Waals surface area contributed by atoms with Gasteiger partial charge in [0.05, 0.1) is 29.6 Å². The number of amides is 1. The lowest BCUT2D eigenvalue weighted by atomic mass is 9.96. The second kappa shape index (κ2) is 14.6. The van der Waals surface area contributed by atoms with Crippen LogP contribution >= 0.6 is 19.4 Å². The SMILES string of the molecule is CC(C)OP(=O)(OC(C)C)c1cccnc1SC[C@H](N)C(=O)N1CCN(C(c2ccccc2)c2ccccc2)CC1. The van der Waals surface area contributed by atoms with Crippen LogP contribution in [0.5, 0.6) is 0 Å². The van der Waals surface area contributed by atoms with Crippen molar-refractivity contribution in [2.75, 3.05) is 31.9 Å². The van der Waals surface area contributed by atoms with Gasteiger partial charge in [-0.15, -0.1) is 11.8 Å². The first-order chi connectivity index (χ1) is 19.7. The fraction of sp³-hybridized carbons (Fsp3) is 0.419. The van der Waals surface area contributed by atoms with Crippen molar-refractivity contribution in [2.45, 2.75) is 57.0 Å². The van der Waals surface area contributed by atoms with Gasteiger partial charge in [-0.3, -0.25) is 14.3 Å². The van der Waals surface area contributed by atoms with Crippen molar-refractivity contribution in [3.8, 4) is 0 Å². The van der Waals surface area contributed by atoms with Gasteiger partial charge in [0.25, 0.3) is 0 Å². The highest BCUT2D eigenvalue weighted by Crippen LogP contribution is 2.51. The molecule has 4 rings (SSSR count). The Labute approximate surface area is 248 Å². The highest BCUT2D eigenvalue weighted by molar-refractivity contribution is 7.99. The molecule has 2 heterocycles. The zero-order valence-corrected chi connectivity index (χ0v) is 26.0. The Balaban J connectivity index is 1.40. The number of nitrogens with zero attached hydrogens (tertiary/aromatic N) is 3. The molecule has 2 N–H and O–H groups in total. The summed E-state index contributed by atoms with van der Waals surface area (Å²) >= 11 is 1.30. The van der Waals surface area contributed by atoms with Gasteiger partial charge < -0.3 is 19.7 Å². The Kier molecular flexibility index (Phi) is 11.2. The summed E-state index contributed by atoms with van der Waals surface area (Å²) in [6.07, 6.45) is 1.02. The van der Waals surface area contributed by atoms with Crippen LogP contribution in [0.3, 0.4) is 0 Å². The van der Waals surface area contributed by atoms with E-state index >= 15 is 0 Å². The largest absolute Gasteiger partial charge is 0.364 e. The van der Waals surface area contributed by atoms with Gasteiger partial charge in [-0.05, 0) is 51.0 Å². The molecule has 0 bridgehead atoms. The molecule has 0 spiro atoms. The Bertz CT molecular complexity index is 1250. The lowest BCUT2D eigenvalue weighted by Gasteiger charge is -2.40.